The van der Waals surface area contributed by atoms with E-state index < -0.39 is 5.97 Å². The summed E-state index contributed by atoms with van der Waals surface area (Å²) in [5.74, 6) is -0.972. The van der Waals surface area contributed by atoms with Gasteiger partial charge in [0.1, 0.15) is 5.65 Å². The van der Waals surface area contributed by atoms with E-state index in [1.807, 2.05) is 37.3 Å². The maximum atomic E-state index is 12.8. The highest BCUT2D eigenvalue weighted by Crippen LogP contribution is 2.33. The van der Waals surface area contributed by atoms with E-state index in [0.717, 1.165) is 11.3 Å². The molecule has 2 N–H and O–H groups in total. The fraction of sp³-hybridized carbons (Fsp3) is 0.348. The Morgan fingerprint density at radius 3 is 2.84 bits per heavy atom. The van der Waals surface area contributed by atoms with E-state index in [4.69, 9.17) is 21.1 Å². The third-order valence-electron chi connectivity index (χ3n) is 5.58. The first-order chi connectivity index (χ1) is 15.5. The zero-order valence-electron chi connectivity index (χ0n) is 18.0. The summed E-state index contributed by atoms with van der Waals surface area (Å²) in [7, 11) is 1.32. The molecule has 2 aromatic heterocycles. The summed E-state index contributed by atoms with van der Waals surface area (Å²) < 4.78 is 12.1. The highest BCUT2D eigenvalue weighted by atomic mass is 35.5. The van der Waals surface area contributed by atoms with E-state index in [2.05, 4.69) is 15.6 Å². The second kappa shape index (κ2) is 9.58. The first kappa shape index (κ1) is 22.1. The van der Waals surface area contributed by atoms with Crippen LogP contribution in [0.15, 0.2) is 36.5 Å². The molecule has 1 aliphatic heterocycles. The molecular formula is C23H25ClN4O4. The number of aryl methyl sites for hydroxylation is 1. The number of rotatable bonds is 7. The lowest BCUT2D eigenvalue weighted by Crippen LogP contribution is -2.24. The van der Waals surface area contributed by atoms with Gasteiger partial charge in [-0.3, -0.25) is 4.79 Å². The van der Waals surface area contributed by atoms with Crippen LogP contribution in [0.2, 0.25) is 5.02 Å². The number of amides is 1. The van der Waals surface area contributed by atoms with E-state index in [9.17, 15) is 9.59 Å². The molecule has 8 nitrogen and oxygen atoms in total. The molecule has 0 radical (unpaired) electrons. The van der Waals surface area contributed by atoms with Gasteiger partial charge >= 0.3 is 5.97 Å². The predicted octanol–water partition coefficient (Wildman–Crippen LogP) is 4.08. The number of pyridine rings is 1. The van der Waals surface area contributed by atoms with Gasteiger partial charge in [-0.15, -0.1) is 0 Å². The van der Waals surface area contributed by atoms with Gasteiger partial charge in [0, 0.05) is 30.1 Å². The Hall–Kier alpha value is -3.10. The van der Waals surface area contributed by atoms with Gasteiger partial charge in [0.15, 0.2) is 5.69 Å². The second-order valence-corrected chi connectivity index (χ2v) is 7.96. The molecule has 1 saturated heterocycles. The molecule has 3 heterocycles. The summed E-state index contributed by atoms with van der Waals surface area (Å²) in [6, 6.07) is 9.46. The van der Waals surface area contributed by atoms with Crippen molar-refractivity contribution in [3.8, 4) is 0 Å². The molecule has 32 heavy (non-hydrogen) atoms. The van der Waals surface area contributed by atoms with Crippen LogP contribution in [-0.2, 0) is 27.4 Å². The number of methoxy groups -OCH3 is 1. The predicted molar refractivity (Wildman–Crippen MR) is 123 cm³/mol. The number of carbonyl (C=O) groups excluding carboxylic acids is 2. The molecule has 1 aromatic carbocycles. The van der Waals surface area contributed by atoms with Crippen molar-refractivity contribution in [1.82, 2.24) is 9.55 Å². The molecule has 168 valence electrons. The second-order valence-electron chi connectivity index (χ2n) is 7.55. The van der Waals surface area contributed by atoms with Crippen LogP contribution in [0, 0.1) is 5.92 Å². The summed E-state index contributed by atoms with van der Waals surface area (Å²) >= 11 is 6.26. The Labute approximate surface area is 190 Å². The van der Waals surface area contributed by atoms with Gasteiger partial charge in [-0.1, -0.05) is 29.8 Å². The van der Waals surface area contributed by atoms with Crippen molar-refractivity contribution in [3.05, 3.63) is 52.8 Å². The number of nitrogens with zero attached hydrogens (tertiary/aromatic N) is 2. The molecule has 1 fully saturated rings. The number of hydrogen-bond acceptors (Lipinski definition) is 6. The maximum absolute atomic E-state index is 12.8. The molecule has 0 aliphatic carbocycles. The van der Waals surface area contributed by atoms with Crippen molar-refractivity contribution in [3.63, 3.8) is 0 Å². The quantitative estimate of drug-likeness (QED) is 0.520. The highest BCUT2D eigenvalue weighted by molar-refractivity contribution is 6.31. The van der Waals surface area contributed by atoms with E-state index in [1.54, 1.807) is 10.8 Å². The van der Waals surface area contributed by atoms with Crippen molar-refractivity contribution in [2.45, 2.75) is 26.4 Å². The van der Waals surface area contributed by atoms with Crippen LogP contribution in [0.3, 0.4) is 0 Å². The monoisotopic (exact) mass is 456 g/mol. The molecule has 0 bridgehead atoms. The molecule has 1 aliphatic rings. The molecule has 0 spiro atoms. The number of ether oxygens (including phenoxy) is 2. The largest absolute Gasteiger partial charge is 0.464 e. The standard InChI is InChI=1S/C23H25ClN4O4/c1-3-28-20(23(30)31-2)19(27-22(29)15-8-9-32-13-15)17-10-16(12-26-21(17)28)25-11-14-6-4-5-7-18(14)24/h4-7,10,12,15,25H,3,8-9,11,13H2,1-2H3,(H,27,29)/t15-/m1/s1. The van der Waals surface area contributed by atoms with E-state index in [0.29, 0.717) is 54.5 Å². The Balaban J connectivity index is 1.73. The molecular weight excluding hydrogens is 432 g/mol. The van der Waals surface area contributed by atoms with Crippen LogP contribution < -0.4 is 10.6 Å². The van der Waals surface area contributed by atoms with Gasteiger partial charge in [0.25, 0.3) is 0 Å². The lowest BCUT2D eigenvalue weighted by molar-refractivity contribution is -0.119. The zero-order valence-corrected chi connectivity index (χ0v) is 18.7. The number of halogens is 1. The average Bonchev–Trinajstić information content (AvgIpc) is 3.45. The van der Waals surface area contributed by atoms with E-state index in [1.165, 1.54) is 7.11 Å². The summed E-state index contributed by atoms with van der Waals surface area (Å²) in [6.45, 7) is 3.83. The van der Waals surface area contributed by atoms with Gasteiger partial charge in [0.2, 0.25) is 5.91 Å². The van der Waals surface area contributed by atoms with Gasteiger partial charge < -0.3 is 24.7 Å². The Morgan fingerprint density at radius 2 is 2.16 bits per heavy atom. The highest BCUT2D eigenvalue weighted by Gasteiger charge is 2.29. The maximum Gasteiger partial charge on any atom is 0.356 e. The number of benzene rings is 1. The fourth-order valence-electron chi connectivity index (χ4n) is 3.87. The van der Waals surface area contributed by atoms with Gasteiger partial charge in [-0.2, -0.15) is 0 Å². The Morgan fingerprint density at radius 1 is 1.34 bits per heavy atom. The summed E-state index contributed by atoms with van der Waals surface area (Å²) in [6.07, 6.45) is 2.34. The molecule has 1 atom stereocenters. The molecule has 1 amide bonds. The number of anilines is 2. The van der Waals surface area contributed by atoms with Crippen molar-refractivity contribution in [1.29, 1.82) is 0 Å². The van der Waals surface area contributed by atoms with E-state index in [-0.39, 0.29) is 17.5 Å². The number of fused-ring (bicyclic) bond motifs is 1. The van der Waals surface area contributed by atoms with Gasteiger partial charge in [0.05, 0.1) is 37.2 Å². The number of aromatic nitrogens is 2. The minimum atomic E-state index is -0.534. The van der Waals surface area contributed by atoms with Crippen molar-refractivity contribution in [2.75, 3.05) is 31.0 Å². The number of carbonyl (C=O) groups is 2. The summed E-state index contributed by atoms with van der Waals surface area (Å²) in [5, 5.41) is 7.59. The number of esters is 1. The summed E-state index contributed by atoms with van der Waals surface area (Å²) in [5.41, 5.74) is 2.95. The van der Waals surface area contributed by atoms with Crippen LogP contribution in [-0.4, -0.2) is 41.8 Å². The SMILES string of the molecule is CCn1c(C(=O)OC)c(NC(=O)[C@@H]2CCOC2)c2cc(NCc3ccccc3Cl)cnc21. The van der Waals surface area contributed by atoms with Crippen molar-refractivity contribution >= 4 is 45.9 Å². The van der Waals surface area contributed by atoms with Crippen LogP contribution >= 0.6 is 11.6 Å². The zero-order chi connectivity index (χ0) is 22.7. The lowest BCUT2D eigenvalue weighted by Gasteiger charge is -2.11. The Kier molecular flexibility index (Phi) is 6.62. The molecule has 3 aromatic rings. The molecule has 0 saturated carbocycles. The third kappa shape index (κ3) is 4.28. The van der Waals surface area contributed by atoms with Crippen LogP contribution in [0.5, 0.6) is 0 Å². The molecule has 0 unspecified atom stereocenters. The summed E-state index contributed by atoms with van der Waals surface area (Å²) in [4.78, 5) is 30.1. The average molecular weight is 457 g/mol. The topological polar surface area (TPSA) is 94.5 Å². The normalized spacial score (nSPS) is 15.7. The van der Waals surface area contributed by atoms with Crippen molar-refractivity contribution in [2.24, 2.45) is 5.92 Å². The fourth-order valence-corrected chi connectivity index (χ4v) is 4.07. The molecule has 4 rings (SSSR count). The lowest BCUT2D eigenvalue weighted by atomic mass is 10.1. The number of hydrogen-bond donors (Lipinski definition) is 2. The Bertz CT molecular complexity index is 1150. The third-order valence-corrected chi connectivity index (χ3v) is 5.95. The first-order valence-electron chi connectivity index (χ1n) is 10.5. The molecule has 9 heteroatoms. The first-order valence-corrected chi connectivity index (χ1v) is 10.9. The minimum absolute atomic E-state index is 0.183. The van der Waals surface area contributed by atoms with Gasteiger partial charge in [-0.05, 0) is 31.0 Å². The number of nitrogens with one attached hydrogen (secondary N) is 2. The van der Waals surface area contributed by atoms with Gasteiger partial charge in [-0.25, -0.2) is 9.78 Å². The smallest absolute Gasteiger partial charge is 0.356 e. The minimum Gasteiger partial charge on any atom is -0.464 e. The van der Waals surface area contributed by atoms with Crippen LogP contribution in [0.1, 0.15) is 29.4 Å². The van der Waals surface area contributed by atoms with E-state index >= 15 is 0 Å². The van der Waals surface area contributed by atoms with Crippen molar-refractivity contribution < 1.29 is 19.1 Å². The van der Waals surface area contributed by atoms with Crippen LogP contribution in [0.25, 0.3) is 11.0 Å². The van der Waals surface area contributed by atoms with Crippen LogP contribution in [0.4, 0.5) is 11.4 Å².